The number of ether oxygens (including phenoxy) is 1. The van der Waals surface area contributed by atoms with Gasteiger partial charge in [0.25, 0.3) is 0 Å². The fraction of sp³-hybridized carbons (Fsp3) is 0.632. The molecule has 0 aliphatic carbocycles. The maximum absolute atomic E-state index is 11.8. The van der Waals surface area contributed by atoms with Crippen molar-refractivity contribution >= 4 is 15.7 Å². The first-order chi connectivity index (χ1) is 12.0. The fourth-order valence-electron chi connectivity index (χ4n) is 3.21. The van der Waals surface area contributed by atoms with E-state index in [1.54, 1.807) is 7.11 Å². The Balaban J connectivity index is 1.49. The van der Waals surface area contributed by atoms with Crippen LogP contribution in [0.15, 0.2) is 24.3 Å². The van der Waals surface area contributed by atoms with Crippen molar-refractivity contribution in [1.29, 1.82) is 0 Å². The molecule has 0 spiro atoms. The molecule has 1 amide bonds. The topological polar surface area (TPSA) is 72.5 Å². The van der Waals surface area contributed by atoms with Gasteiger partial charge in [0.2, 0.25) is 5.91 Å². The molecule has 25 heavy (non-hydrogen) atoms. The minimum atomic E-state index is -2.79. The zero-order chi connectivity index (χ0) is 18.1. The van der Waals surface area contributed by atoms with Crippen LogP contribution in [0.3, 0.4) is 0 Å². The highest BCUT2D eigenvalue weighted by atomic mass is 32.2. The van der Waals surface area contributed by atoms with Crippen LogP contribution in [0.25, 0.3) is 0 Å². The van der Waals surface area contributed by atoms with Gasteiger partial charge in [-0.15, -0.1) is 0 Å². The average Bonchev–Trinajstić information content (AvgIpc) is 2.95. The van der Waals surface area contributed by atoms with E-state index < -0.39 is 9.84 Å². The van der Waals surface area contributed by atoms with E-state index in [1.807, 2.05) is 12.1 Å². The molecule has 1 atom stereocenters. The molecule has 140 valence electrons. The van der Waals surface area contributed by atoms with Crippen LogP contribution in [0.2, 0.25) is 0 Å². The molecule has 1 aliphatic heterocycles. The minimum Gasteiger partial charge on any atom is -0.497 e. The molecule has 1 fully saturated rings. The Kier molecular flexibility index (Phi) is 7.75. The number of benzene rings is 1. The van der Waals surface area contributed by atoms with Gasteiger partial charge in [0.15, 0.2) is 9.84 Å². The minimum absolute atomic E-state index is 0.0915. The Hall–Kier alpha value is -1.56. The van der Waals surface area contributed by atoms with E-state index in [-0.39, 0.29) is 11.8 Å². The van der Waals surface area contributed by atoms with Crippen molar-refractivity contribution < 1.29 is 17.9 Å². The second-order valence-corrected chi connectivity index (χ2v) is 9.05. The van der Waals surface area contributed by atoms with Crippen molar-refractivity contribution in [3.63, 3.8) is 0 Å². The van der Waals surface area contributed by atoms with Crippen LogP contribution < -0.4 is 10.1 Å². The van der Waals surface area contributed by atoms with Crippen LogP contribution in [0.5, 0.6) is 5.75 Å². The lowest BCUT2D eigenvalue weighted by Gasteiger charge is -2.08. The van der Waals surface area contributed by atoms with E-state index >= 15 is 0 Å². The summed E-state index contributed by atoms with van der Waals surface area (Å²) in [6.07, 6.45) is 5.90. The summed E-state index contributed by atoms with van der Waals surface area (Å²) in [6, 6.07) is 8.03. The summed E-state index contributed by atoms with van der Waals surface area (Å²) in [4.78, 5) is 11.8. The average molecular weight is 368 g/mol. The third kappa shape index (κ3) is 7.46. The number of carbonyl (C=O) groups excluding carboxylic acids is 1. The lowest BCUT2D eigenvalue weighted by atomic mass is 10.0. The quantitative estimate of drug-likeness (QED) is 0.646. The van der Waals surface area contributed by atoms with Crippen LogP contribution in [0.1, 0.15) is 44.1 Å². The summed E-state index contributed by atoms with van der Waals surface area (Å²) in [5.74, 6) is 1.89. The second kappa shape index (κ2) is 9.80. The van der Waals surface area contributed by atoms with Crippen molar-refractivity contribution in [3.05, 3.63) is 29.8 Å². The van der Waals surface area contributed by atoms with Gasteiger partial charge in [0, 0.05) is 13.0 Å². The second-order valence-electron chi connectivity index (χ2n) is 6.82. The number of methoxy groups -OCH3 is 1. The summed E-state index contributed by atoms with van der Waals surface area (Å²) < 4.78 is 27.9. The Morgan fingerprint density at radius 2 is 1.96 bits per heavy atom. The molecule has 6 heteroatoms. The van der Waals surface area contributed by atoms with Crippen LogP contribution in [-0.4, -0.2) is 39.5 Å². The number of aryl methyl sites for hydroxylation is 1. The summed E-state index contributed by atoms with van der Waals surface area (Å²) >= 11 is 0. The Morgan fingerprint density at radius 1 is 1.20 bits per heavy atom. The number of rotatable bonds is 10. The van der Waals surface area contributed by atoms with E-state index in [0.29, 0.717) is 24.5 Å². The molecule has 0 saturated carbocycles. The fourth-order valence-corrected chi connectivity index (χ4v) is 5.12. The summed E-state index contributed by atoms with van der Waals surface area (Å²) in [7, 11) is -1.13. The molecule has 0 radical (unpaired) electrons. The lowest BCUT2D eigenvalue weighted by molar-refractivity contribution is -0.121. The number of hydrogen-bond acceptors (Lipinski definition) is 4. The van der Waals surface area contributed by atoms with E-state index in [1.165, 1.54) is 5.56 Å². The predicted octanol–water partition coefficient (Wildman–Crippen LogP) is 2.74. The Bertz CT molecular complexity index is 640. The number of unbranched alkanes of at least 4 members (excludes halogenated alkanes) is 1. The molecule has 1 unspecified atom stereocenters. The first kappa shape index (κ1) is 19.8. The number of amides is 1. The summed E-state index contributed by atoms with van der Waals surface area (Å²) in [6.45, 7) is 0.647. The molecular weight excluding hydrogens is 338 g/mol. The van der Waals surface area contributed by atoms with Gasteiger partial charge in [-0.05, 0) is 62.1 Å². The number of sulfone groups is 1. The van der Waals surface area contributed by atoms with Crippen molar-refractivity contribution in [1.82, 2.24) is 5.32 Å². The Morgan fingerprint density at radius 3 is 2.60 bits per heavy atom. The van der Waals surface area contributed by atoms with Gasteiger partial charge in [-0.25, -0.2) is 8.42 Å². The number of nitrogens with one attached hydrogen (secondary N) is 1. The summed E-state index contributed by atoms with van der Waals surface area (Å²) in [5, 5.41) is 2.94. The highest BCUT2D eigenvalue weighted by molar-refractivity contribution is 7.91. The molecule has 0 bridgehead atoms. The third-order valence-corrected chi connectivity index (χ3v) is 6.55. The molecule has 1 saturated heterocycles. The molecule has 1 N–H and O–H groups in total. The summed E-state index contributed by atoms with van der Waals surface area (Å²) in [5.41, 5.74) is 1.26. The standard InChI is InChI=1S/C19H29NO4S/c1-24-18-10-8-16(9-11-18)5-2-3-7-19(21)20-13-4-6-17-12-14-25(22,23)15-17/h8-11,17H,2-7,12-15H2,1H3,(H,20,21). The van der Waals surface area contributed by atoms with Gasteiger partial charge in [-0.1, -0.05) is 12.1 Å². The van der Waals surface area contributed by atoms with Crippen molar-refractivity contribution in [2.45, 2.75) is 44.9 Å². The van der Waals surface area contributed by atoms with Gasteiger partial charge >= 0.3 is 0 Å². The van der Waals surface area contributed by atoms with Gasteiger partial charge in [-0.2, -0.15) is 0 Å². The van der Waals surface area contributed by atoms with Gasteiger partial charge < -0.3 is 10.1 Å². The van der Waals surface area contributed by atoms with E-state index in [4.69, 9.17) is 4.74 Å². The lowest BCUT2D eigenvalue weighted by Crippen LogP contribution is -2.24. The molecule has 1 aromatic rings. The number of hydrogen-bond donors (Lipinski definition) is 1. The predicted molar refractivity (Wildman–Crippen MR) is 99.6 cm³/mol. The van der Waals surface area contributed by atoms with Crippen LogP contribution in [0, 0.1) is 5.92 Å². The molecule has 1 heterocycles. The molecular formula is C19H29NO4S. The first-order valence-electron chi connectivity index (χ1n) is 9.08. The zero-order valence-corrected chi connectivity index (χ0v) is 15.8. The maximum atomic E-state index is 11.8. The molecule has 1 aromatic carbocycles. The zero-order valence-electron chi connectivity index (χ0n) is 15.0. The molecule has 5 nitrogen and oxygen atoms in total. The van der Waals surface area contributed by atoms with Crippen molar-refractivity contribution in [2.24, 2.45) is 5.92 Å². The largest absolute Gasteiger partial charge is 0.497 e. The number of carbonyl (C=O) groups is 1. The normalized spacial score (nSPS) is 18.8. The maximum Gasteiger partial charge on any atom is 0.219 e. The van der Waals surface area contributed by atoms with Gasteiger partial charge in [0.1, 0.15) is 5.75 Å². The van der Waals surface area contributed by atoms with Gasteiger partial charge in [-0.3, -0.25) is 4.79 Å². The smallest absolute Gasteiger partial charge is 0.219 e. The highest BCUT2D eigenvalue weighted by Gasteiger charge is 2.27. The van der Waals surface area contributed by atoms with Crippen LogP contribution in [0.4, 0.5) is 0 Å². The third-order valence-electron chi connectivity index (χ3n) is 4.72. The van der Waals surface area contributed by atoms with Crippen LogP contribution >= 0.6 is 0 Å². The van der Waals surface area contributed by atoms with E-state index in [0.717, 1.165) is 44.3 Å². The monoisotopic (exact) mass is 367 g/mol. The molecule has 1 aliphatic rings. The van der Waals surface area contributed by atoms with Crippen molar-refractivity contribution in [3.8, 4) is 5.75 Å². The SMILES string of the molecule is COc1ccc(CCCCC(=O)NCCCC2CCS(=O)(=O)C2)cc1. The van der Waals surface area contributed by atoms with Crippen LogP contribution in [-0.2, 0) is 21.1 Å². The van der Waals surface area contributed by atoms with E-state index in [2.05, 4.69) is 17.4 Å². The van der Waals surface area contributed by atoms with Crippen molar-refractivity contribution in [2.75, 3.05) is 25.2 Å². The molecule has 0 aromatic heterocycles. The van der Waals surface area contributed by atoms with E-state index in [9.17, 15) is 13.2 Å². The molecule has 2 rings (SSSR count). The van der Waals surface area contributed by atoms with Gasteiger partial charge in [0.05, 0.1) is 18.6 Å². The highest BCUT2D eigenvalue weighted by Crippen LogP contribution is 2.22. The first-order valence-corrected chi connectivity index (χ1v) is 10.9. The Labute approximate surface area is 151 Å².